The van der Waals surface area contributed by atoms with Crippen LogP contribution < -0.4 is 4.90 Å². The third-order valence-corrected chi connectivity index (χ3v) is 7.47. The zero-order valence-electron chi connectivity index (χ0n) is 20.0. The molecule has 2 aromatic rings. The molecule has 3 fully saturated rings. The number of aromatic carboxylic acids is 1. The summed E-state index contributed by atoms with van der Waals surface area (Å²) in [5, 5.41) is 17.7. The van der Waals surface area contributed by atoms with E-state index in [1.165, 1.54) is 19.4 Å². The van der Waals surface area contributed by atoms with Crippen molar-refractivity contribution in [2.45, 2.75) is 31.8 Å². The molecule has 5 rings (SSSR count). The number of carboxylic acid groups (broad SMARTS) is 1. The molecule has 36 heavy (non-hydrogen) atoms. The zero-order chi connectivity index (χ0) is 25.4. The predicted molar refractivity (Wildman–Crippen MR) is 129 cm³/mol. The number of halogens is 2. The molecule has 2 saturated carbocycles. The van der Waals surface area contributed by atoms with E-state index >= 15 is 0 Å². The molecule has 190 valence electrons. The summed E-state index contributed by atoms with van der Waals surface area (Å²) in [6.07, 6.45) is 4.89. The van der Waals surface area contributed by atoms with Gasteiger partial charge in [-0.05, 0) is 61.8 Å². The van der Waals surface area contributed by atoms with Crippen LogP contribution in [0.2, 0.25) is 0 Å². The Labute approximate surface area is 208 Å². The van der Waals surface area contributed by atoms with E-state index in [1.54, 1.807) is 12.1 Å². The smallest absolute Gasteiger partial charge is 0.337 e. The number of fused-ring (bicyclic) bond motifs is 1. The van der Waals surface area contributed by atoms with Gasteiger partial charge in [-0.25, -0.2) is 18.6 Å². The third-order valence-electron chi connectivity index (χ3n) is 7.47. The normalized spacial score (nSPS) is 23.9. The van der Waals surface area contributed by atoms with Crippen LogP contribution in [-0.4, -0.2) is 54.7 Å². The van der Waals surface area contributed by atoms with Crippen molar-refractivity contribution >= 4 is 17.5 Å². The Balaban J connectivity index is 1.25. The summed E-state index contributed by atoms with van der Waals surface area (Å²) in [6.45, 7) is 1.70. The predicted octanol–water partition coefficient (Wildman–Crippen LogP) is 4.67. The number of rotatable bonds is 9. The van der Waals surface area contributed by atoms with Crippen LogP contribution in [0, 0.1) is 34.8 Å². The number of methoxy groups -OCH3 is 1. The average Bonchev–Trinajstić information content (AvgIpc) is 3.50. The number of ether oxygens (including phenoxy) is 2. The second-order valence-corrected chi connectivity index (χ2v) is 9.83. The second-order valence-electron chi connectivity index (χ2n) is 9.83. The molecule has 3 atom stereocenters. The zero-order valence-corrected chi connectivity index (χ0v) is 20.0. The minimum absolute atomic E-state index is 0.0185. The number of anilines is 1. The Morgan fingerprint density at radius 1 is 1.14 bits per heavy atom. The maximum Gasteiger partial charge on any atom is 0.337 e. The lowest BCUT2D eigenvalue weighted by Crippen LogP contribution is -2.25. The van der Waals surface area contributed by atoms with Crippen LogP contribution in [0.4, 0.5) is 14.6 Å². The van der Waals surface area contributed by atoms with E-state index in [1.807, 2.05) is 0 Å². The molecule has 0 unspecified atom stereocenters. The molecule has 2 N–H and O–H groups in total. The molecule has 2 heterocycles. The van der Waals surface area contributed by atoms with Crippen molar-refractivity contribution in [2.75, 3.05) is 31.7 Å². The van der Waals surface area contributed by atoms with E-state index in [-0.39, 0.29) is 35.5 Å². The highest BCUT2D eigenvalue weighted by Crippen LogP contribution is 2.42. The van der Waals surface area contributed by atoms with Crippen molar-refractivity contribution in [2.24, 2.45) is 17.8 Å². The summed E-state index contributed by atoms with van der Waals surface area (Å²) < 4.78 is 40.8. The Morgan fingerprint density at radius 3 is 2.33 bits per heavy atom. The van der Waals surface area contributed by atoms with Crippen LogP contribution in [0.15, 0.2) is 47.9 Å². The number of carbonyl (C=O) groups is 1. The maximum atomic E-state index is 14.5. The van der Waals surface area contributed by atoms with Crippen molar-refractivity contribution in [1.29, 1.82) is 5.41 Å². The van der Waals surface area contributed by atoms with Gasteiger partial charge in [-0.1, -0.05) is 6.07 Å². The first-order valence-electron chi connectivity index (χ1n) is 12.2. The Bertz CT molecular complexity index is 1160. The second kappa shape index (κ2) is 9.97. The van der Waals surface area contributed by atoms with Gasteiger partial charge in [0.2, 0.25) is 0 Å². The molecule has 1 aromatic carbocycles. The van der Waals surface area contributed by atoms with Gasteiger partial charge in [0, 0.05) is 30.8 Å². The van der Waals surface area contributed by atoms with Crippen LogP contribution in [0.1, 0.15) is 41.6 Å². The van der Waals surface area contributed by atoms with Gasteiger partial charge in [0.15, 0.2) is 0 Å². The summed E-state index contributed by atoms with van der Waals surface area (Å²) in [5.74, 6) is -0.206. The number of nitrogens with one attached hydrogen (secondary N) is 1. The highest BCUT2D eigenvalue weighted by molar-refractivity contribution is 6.11. The Morgan fingerprint density at radius 2 is 1.81 bits per heavy atom. The van der Waals surface area contributed by atoms with Crippen molar-refractivity contribution in [3.8, 4) is 0 Å². The molecule has 1 aromatic heterocycles. The van der Waals surface area contributed by atoms with Crippen molar-refractivity contribution in [3.63, 3.8) is 0 Å². The first-order chi connectivity index (χ1) is 17.4. The number of allylic oxidation sites excluding steroid dienone is 1. The standard InChI is InChI=1S/C27H29F2N3O4/c1-35-26(15-5-6-15)20(25(30)24-21(28)3-2-4-22(24)29)14-36-19-9-17-12-32(13-18(17)10-19)23-8-7-16(11-31-23)27(33)34/h2-4,7-8,11,15,17-19,30H,5-6,9-10,12-14H2,1H3,(H,33,34)/b26-20-,30-25?/t17-,18+,19+. The summed E-state index contributed by atoms with van der Waals surface area (Å²) in [7, 11) is 1.53. The van der Waals surface area contributed by atoms with Gasteiger partial charge >= 0.3 is 5.97 Å². The molecule has 0 amide bonds. The van der Waals surface area contributed by atoms with Crippen LogP contribution >= 0.6 is 0 Å². The largest absolute Gasteiger partial charge is 0.500 e. The van der Waals surface area contributed by atoms with Gasteiger partial charge in [-0.2, -0.15) is 0 Å². The van der Waals surface area contributed by atoms with Gasteiger partial charge in [-0.15, -0.1) is 0 Å². The molecule has 0 radical (unpaired) electrons. The lowest BCUT2D eigenvalue weighted by molar-refractivity contribution is 0.0689. The monoisotopic (exact) mass is 497 g/mol. The first-order valence-corrected chi connectivity index (χ1v) is 12.2. The van der Waals surface area contributed by atoms with E-state index in [9.17, 15) is 13.6 Å². The number of carboxylic acids is 1. The topological polar surface area (TPSA) is 95.7 Å². The molecular formula is C27H29F2N3O4. The minimum Gasteiger partial charge on any atom is -0.500 e. The third kappa shape index (κ3) is 4.84. The van der Waals surface area contributed by atoms with Gasteiger partial charge in [-0.3, -0.25) is 5.41 Å². The molecule has 7 nitrogen and oxygen atoms in total. The summed E-state index contributed by atoms with van der Waals surface area (Å²) in [4.78, 5) is 17.6. The number of hydrogen-bond donors (Lipinski definition) is 2. The van der Waals surface area contributed by atoms with E-state index in [2.05, 4.69) is 9.88 Å². The van der Waals surface area contributed by atoms with Crippen molar-refractivity contribution < 1.29 is 28.2 Å². The number of aromatic nitrogens is 1. The van der Waals surface area contributed by atoms with Crippen molar-refractivity contribution in [1.82, 2.24) is 4.98 Å². The Kier molecular flexibility index (Phi) is 6.75. The molecule has 9 heteroatoms. The van der Waals surface area contributed by atoms with E-state index in [4.69, 9.17) is 20.0 Å². The van der Waals surface area contributed by atoms with Gasteiger partial charge in [0.1, 0.15) is 23.2 Å². The summed E-state index contributed by atoms with van der Waals surface area (Å²) in [6, 6.07) is 6.91. The molecule has 3 aliphatic rings. The fourth-order valence-electron chi connectivity index (χ4n) is 5.50. The number of benzene rings is 1. The molecule has 0 bridgehead atoms. The molecule has 0 spiro atoms. The van der Waals surface area contributed by atoms with Gasteiger partial charge in [0.05, 0.1) is 36.7 Å². The average molecular weight is 498 g/mol. The van der Waals surface area contributed by atoms with Crippen LogP contribution in [0.3, 0.4) is 0 Å². The van der Waals surface area contributed by atoms with Crippen LogP contribution in [0.5, 0.6) is 0 Å². The highest BCUT2D eigenvalue weighted by Gasteiger charge is 2.42. The summed E-state index contributed by atoms with van der Waals surface area (Å²) in [5.41, 5.74) is -0.00965. The summed E-state index contributed by atoms with van der Waals surface area (Å²) >= 11 is 0. The lowest BCUT2D eigenvalue weighted by atomic mass is 9.99. The van der Waals surface area contributed by atoms with Gasteiger partial charge < -0.3 is 19.5 Å². The number of hydrogen-bond acceptors (Lipinski definition) is 6. The molecule has 2 aliphatic carbocycles. The fourth-order valence-corrected chi connectivity index (χ4v) is 5.50. The SMILES string of the molecule is CO/C(=C(/CO[C@H]1C[C@@H]2CN(c3ccc(C(=O)O)cn3)C[C@@H]2C1)C(=N)c1c(F)cccc1F)C1CC1. The fraction of sp³-hybridized carbons (Fsp3) is 0.444. The highest BCUT2D eigenvalue weighted by atomic mass is 19.1. The molecule has 1 aliphatic heterocycles. The van der Waals surface area contributed by atoms with Gasteiger partial charge in [0.25, 0.3) is 0 Å². The Hall–Kier alpha value is -3.33. The minimum atomic E-state index is -0.995. The van der Waals surface area contributed by atoms with Crippen LogP contribution in [-0.2, 0) is 9.47 Å². The van der Waals surface area contributed by atoms with E-state index in [0.717, 1.165) is 56.7 Å². The molecule has 1 saturated heterocycles. The first kappa shape index (κ1) is 24.4. The van der Waals surface area contributed by atoms with Crippen molar-refractivity contribution in [3.05, 3.63) is 70.6 Å². The number of nitrogens with zero attached hydrogens (tertiary/aromatic N) is 2. The van der Waals surface area contributed by atoms with Crippen LogP contribution in [0.25, 0.3) is 0 Å². The number of pyridine rings is 1. The maximum absolute atomic E-state index is 14.5. The quantitative estimate of drug-likeness (QED) is 0.386. The lowest BCUT2D eigenvalue weighted by Gasteiger charge is -2.22. The molecular weight excluding hydrogens is 468 g/mol. The van der Waals surface area contributed by atoms with E-state index in [0.29, 0.717) is 23.2 Å². The van der Waals surface area contributed by atoms with E-state index < -0.39 is 17.6 Å².